The van der Waals surface area contributed by atoms with Crippen LogP contribution in [0.2, 0.25) is 15.1 Å². The number of carbonyl (C=O) groups excluding carboxylic acids is 1. The van der Waals surface area contributed by atoms with E-state index in [0.29, 0.717) is 32.1 Å². The van der Waals surface area contributed by atoms with Crippen molar-refractivity contribution in [1.29, 1.82) is 0 Å². The minimum absolute atomic E-state index is 0.190. The highest BCUT2D eigenvalue weighted by Gasteiger charge is 2.13. The van der Waals surface area contributed by atoms with Gasteiger partial charge in [0, 0.05) is 15.6 Å². The second kappa shape index (κ2) is 11.0. The third-order valence-corrected chi connectivity index (χ3v) is 5.12. The molecule has 31 heavy (non-hydrogen) atoms. The molecule has 8 heteroatoms. The molecule has 1 amide bonds. The van der Waals surface area contributed by atoms with Gasteiger partial charge in [0.1, 0.15) is 6.61 Å². The summed E-state index contributed by atoms with van der Waals surface area (Å²) in [6.45, 7) is 0.190. The molecular formula is C23H19Cl3N2O3. The van der Waals surface area contributed by atoms with Crippen molar-refractivity contribution in [3.05, 3.63) is 92.4 Å². The number of ether oxygens (including phenoxy) is 2. The molecule has 160 valence electrons. The molecule has 1 N–H and O–H groups in total. The summed E-state index contributed by atoms with van der Waals surface area (Å²) in [6.07, 6.45) is 1.72. The van der Waals surface area contributed by atoms with Crippen molar-refractivity contribution in [3.8, 4) is 11.5 Å². The largest absolute Gasteiger partial charge is 0.493 e. The van der Waals surface area contributed by atoms with Crippen molar-refractivity contribution >= 4 is 46.9 Å². The fourth-order valence-corrected chi connectivity index (χ4v) is 3.48. The SMILES string of the molecule is COc1cc(/C=N\NC(=O)Cc2ccccc2)cc(Cl)c1OCc1ccc(Cl)cc1Cl. The quantitative estimate of drug-likeness (QED) is 0.323. The third kappa shape index (κ3) is 6.62. The summed E-state index contributed by atoms with van der Waals surface area (Å²) in [5.74, 6) is 0.579. The van der Waals surface area contributed by atoms with Gasteiger partial charge in [-0.25, -0.2) is 5.43 Å². The lowest BCUT2D eigenvalue weighted by Crippen LogP contribution is -2.19. The van der Waals surface area contributed by atoms with Crippen LogP contribution >= 0.6 is 34.8 Å². The highest BCUT2D eigenvalue weighted by molar-refractivity contribution is 6.35. The molecule has 0 spiro atoms. The van der Waals surface area contributed by atoms with Gasteiger partial charge < -0.3 is 9.47 Å². The number of benzene rings is 3. The molecule has 0 saturated carbocycles. The van der Waals surface area contributed by atoms with Crippen molar-refractivity contribution in [3.63, 3.8) is 0 Å². The number of rotatable bonds is 8. The third-order valence-electron chi connectivity index (χ3n) is 4.25. The predicted molar refractivity (Wildman–Crippen MR) is 125 cm³/mol. The summed E-state index contributed by atoms with van der Waals surface area (Å²) < 4.78 is 11.2. The molecule has 0 aliphatic rings. The average Bonchev–Trinajstić information content (AvgIpc) is 2.74. The first-order chi connectivity index (χ1) is 15.0. The maximum atomic E-state index is 12.0. The van der Waals surface area contributed by atoms with E-state index in [4.69, 9.17) is 44.3 Å². The van der Waals surface area contributed by atoms with Crippen LogP contribution in [0.1, 0.15) is 16.7 Å². The van der Waals surface area contributed by atoms with Crippen LogP contribution in [-0.4, -0.2) is 19.2 Å². The molecule has 3 aromatic carbocycles. The normalized spacial score (nSPS) is 10.8. The number of hydrogen-bond acceptors (Lipinski definition) is 4. The first kappa shape index (κ1) is 22.9. The molecule has 3 aromatic rings. The maximum Gasteiger partial charge on any atom is 0.244 e. The Morgan fingerprint density at radius 2 is 1.81 bits per heavy atom. The van der Waals surface area contributed by atoms with Gasteiger partial charge in [-0.05, 0) is 35.4 Å². The van der Waals surface area contributed by atoms with E-state index >= 15 is 0 Å². The zero-order valence-corrected chi connectivity index (χ0v) is 18.8. The van der Waals surface area contributed by atoms with Crippen LogP contribution in [0.3, 0.4) is 0 Å². The predicted octanol–water partition coefficient (Wildman–Crippen LogP) is 5.93. The van der Waals surface area contributed by atoms with Crippen molar-refractivity contribution in [2.45, 2.75) is 13.0 Å². The van der Waals surface area contributed by atoms with Gasteiger partial charge in [0.25, 0.3) is 0 Å². The van der Waals surface area contributed by atoms with E-state index in [1.54, 1.807) is 30.3 Å². The molecule has 0 aliphatic heterocycles. The maximum absolute atomic E-state index is 12.0. The van der Waals surface area contributed by atoms with Gasteiger partial charge >= 0.3 is 0 Å². The second-order valence-electron chi connectivity index (χ2n) is 6.51. The molecule has 0 saturated heterocycles. The van der Waals surface area contributed by atoms with Crippen LogP contribution in [0.5, 0.6) is 11.5 Å². The van der Waals surface area contributed by atoms with E-state index in [9.17, 15) is 4.79 Å². The van der Waals surface area contributed by atoms with Gasteiger partial charge in [0.2, 0.25) is 5.91 Å². The molecule has 0 aromatic heterocycles. The Kier molecular flexibility index (Phi) is 8.18. The van der Waals surface area contributed by atoms with E-state index in [2.05, 4.69) is 10.5 Å². The molecule has 0 bridgehead atoms. The van der Waals surface area contributed by atoms with Gasteiger partial charge in [-0.15, -0.1) is 0 Å². The number of carbonyl (C=O) groups is 1. The summed E-state index contributed by atoms with van der Waals surface area (Å²) in [6, 6.07) is 17.9. The van der Waals surface area contributed by atoms with Crippen molar-refractivity contribution < 1.29 is 14.3 Å². The zero-order chi connectivity index (χ0) is 22.2. The summed E-state index contributed by atoms with van der Waals surface area (Å²) in [4.78, 5) is 12.0. The number of hydrogen-bond donors (Lipinski definition) is 1. The number of nitrogens with one attached hydrogen (secondary N) is 1. The number of hydrazone groups is 1. The Labute approximate surface area is 195 Å². The fourth-order valence-electron chi connectivity index (χ4n) is 2.74. The topological polar surface area (TPSA) is 59.9 Å². The number of halogens is 3. The Bertz CT molecular complexity index is 1090. The lowest BCUT2D eigenvalue weighted by Gasteiger charge is -2.14. The highest BCUT2D eigenvalue weighted by atomic mass is 35.5. The number of methoxy groups -OCH3 is 1. The van der Waals surface area contributed by atoms with Crippen molar-refractivity contribution in [2.75, 3.05) is 7.11 Å². The van der Waals surface area contributed by atoms with Gasteiger partial charge in [-0.2, -0.15) is 5.10 Å². The van der Waals surface area contributed by atoms with Crippen LogP contribution in [-0.2, 0) is 17.8 Å². The Morgan fingerprint density at radius 1 is 1.03 bits per heavy atom. The average molecular weight is 478 g/mol. The minimum Gasteiger partial charge on any atom is -0.493 e. The minimum atomic E-state index is -0.222. The lowest BCUT2D eigenvalue weighted by atomic mass is 10.1. The monoisotopic (exact) mass is 476 g/mol. The van der Waals surface area contributed by atoms with Gasteiger partial charge in [-0.3, -0.25) is 4.79 Å². The molecule has 0 unspecified atom stereocenters. The zero-order valence-electron chi connectivity index (χ0n) is 16.6. The van der Waals surface area contributed by atoms with Crippen molar-refractivity contribution in [2.24, 2.45) is 5.10 Å². The first-order valence-corrected chi connectivity index (χ1v) is 10.4. The summed E-state index contributed by atoms with van der Waals surface area (Å²) in [5.41, 5.74) is 4.80. The van der Waals surface area contributed by atoms with Gasteiger partial charge in [0.05, 0.1) is 24.8 Å². The molecular weight excluding hydrogens is 459 g/mol. The summed E-state index contributed by atoms with van der Waals surface area (Å²) in [5, 5.41) is 5.37. The van der Waals surface area contributed by atoms with Crippen molar-refractivity contribution in [1.82, 2.24) is 5.43 Å². The van der Waals surface area contributed by atoms with Gasteiger partial charge in [-0.1, -0.05) is 71.2 Å². The van der Waals surface area contributed by atoms with E-state index in [-0.39, 0.29) is 18.9 Å². The van der Waals surface area contributed by atoms with E-state index in [1.165, 1.54) is 13.3 Å². The van der Waals surface area contributed by atoms with Crippen LogP contribution in [0.15, 0.2) is 65.8 Å². The second-order valence-corrected chi connectivity index (χ2v) is 7.76. The standard InChI is InChI=1S/C23H19Cl3N2O3/c1-30-21-10-16(13-27-28-22(29)11-15-5-3-2-4-6-15)9-20(26)23(21)31-14-17-7-8-18(24)12-19(17)25/h2-10,12-13H,11,14H2,1H3,(H,28,29)/b27-13-. The van der Waals surface area contributed by atoms with Crippen LogP contribution in [0.4, 0.5) is 0 Å². The highest BCUT2D eigenvalue weighted by Crippen LogP contribution is 2.37. The summed E-state index contributed by atoms with van der Waals surface area (Å²) >= 11 is 18.5. The van der Waals surface area contributed by atoms with E-state index in [0.717, 1.165) is 11.1 Å². The molecule has 0 aliphatic carbocycles. The van der Waals surface area contributed by atoms with Crippen LogP contribution in [0, 0.1) is 0 Å². The Morgan fingerprint density at radius 3 is 2.52 bits per heavy atom. The smallest absolute Gasteiger partial charge is 0.244 e. The molecule has 0 fully saturated rings. The Balaban J connectivity index is 1.65. The van der Waals surface area contributed by atoms with Crippen LogP contribution < -0.4 is 14.9 Å². The molecule has 0 atom stereocenters. The molecule has 0 radical (unpaired) electrons. The number of nitrogens with zero attached hydrogens (tertiary/aromatic N) is 1. The molecule has 5 nitrogen and oxygen atoms in total. The van der Waals surface area contributed by atoms with E-state index < -0.39 is 0 Å². The van der Waals surface area contributed by atoms with Gasteiger partial charge in [0.15, 0.2) is 11.5 Å². The number of amides is 1. The molecule has 0 heterocycles. The van der Waals surface area contributed by atoms with Crippen LogP contribution in [0.25, 0.3) is 0 Å². The van der Waals surface area contributed by atoms with E-state index in [1.807, 2.05) is 30.3 Å². The lowest BCUT2D eigenvalue weighted by molar-refractivity contribution is -0.120. The Hall–Kier alpha value is -2.73. The fraction of sp³-hybridized carbons (Fsp3) is 0.130. The first-order valence-electron chi connectivity index (χ1n) is 9.26. The molecule has 3 rings (SSSR count). The summed E-state index contributed by atoms with van der Waals surface area (Å²) in [7, 11) is 1.51.